The molecule has 1 aliphatic rings. The van der Waals surface area contributed by atoms with Crippen LogP contribution in [0.1, 0.15) is 32.3 Å². The molecule has 1 aliphatic heterocycles. The van der Waals surface area contributed by atoms with Gasteiger partial charge in [-0.1, -0.05) is 38.1 Å². The number of carbonyl (C=O) groups is 2. The Labute approximate surface area is 194 Å². The average Bonchev–Trinajstić information content (AvgIpc) is 2.77. The normalized spacial score (nSPS) is 17.7. The number of nitrogens with zero attached hydrogens (tertiary/aromatic N) is 1. The quantitative estimate of drug-likeness (QED) is 0.422. The third-order valence-electron chi connectivity index (χ3n) is 5.36. The molecule has 1 aromatic rings. The Bertz CT molecular complexity index is 948. The van der Waals surface area contributed by atoms with Gasteiger partial charge in [0.25, 0.3) is 0 Å². The Balaban J connectivity index is 2.55. The van der Waals surface area contributed by atoms with E-state index in [1.165, 1.54) is 25.3 Å². The summed E-state index contributed by atoms with van der Waals surface area (Å²) in [5.74, 6) is -0.832. The number of carbonyl (C=O) groups excluding carboxylic acids is 2. The van der Waals surface area contributed by atoms with Gasteiger partial charge in [-0.3, -0.25) is 9.59 Å². The van der Waals surface area contributed by atoms with Crippen LogP contribution in [0.15, 0.2) is 53.4 Å². The standard InChI is InChI=1S/C25H32FNO6/c1-15(2)23-20(12-11-18(28)13-19(29)14-21(30)31-4)22(16-7-9-17(26)10-8-16)24(32-5)25(33-6)27(23)3/h7-12,15,18,25,28H,13-14H2,1-6H3/b12-11+. The molecule has 7 nitrogen and oxygen atoms in total. The van der Waals surface area contributed by atoms with Crippen molar-refractivity contribution in [3.8, 4) is 0 Å². The molecular weight excluding hydrogens is 429 g/mol. The monoisotopic (exact) mass is 461 g/mol. The molecule has 0 aromatic heterocycles. The van der Waals surface area contributed by atoms with E-state index in [1.807, 2.05) is 25.8 Å². The van der Waals surface area contributed by atoms with E-state index in [0.29, 0.717) is 11.3 Å². The number of Topliss-reactive ketones (excluding diaryl/α,β-unsaturated/α-hetero) is 1. The smallest absolute Gasteiger partial charge is 0.313 e. The average molecular weight is 462 g/mol. The third-order valence-corrected chi connectivity index (χ3v) is 5.36. The van der Waals surface area contributed by atoms with Crippen molar-refractivity contribution < 1.29 is 33.3 Å². The minimum atomic E-state index is -1.10. The summed E-state index contributed by atoms with van der Waals surface area (Å²) in [5.41, 5.74) is 3.10. The maximum absolute atomic E-state index is 13.6. The van der Waals surface area contributed by atoms with Crippen molar-refractivity contribution in [2.75, 3.05) is 28.4 Å². The topological polar surface area (TPSA) is 85.3 Å². The molecule has 0 aliphatic carbocycles. The highest BCUT2D eigenvalue weighted by Crippen LogP contribution is 2.41. The van der Waals surface area contributed by atoms with Gasteiger partial charge in [0.1, 0.15) is 18.0 Å². The number of rotatable bonds is 10. The number of likely N-dealkylation sites (N-methyl/N-ethyl adjacent to an activating group) is 1. The van der Waals surface area contributed by atoms with Gasteiger partial charge in [0.15, 0.2) is 12.0 Å². The lowest BCUT2D eigenvalue weighted by atomic mass is 9.87. The fraction of sp³-hybridized carbons (Fsp3) is 0.440. The Morgan fingerprint density at radius 1 is 1.18 bits per heavy atom. The number of methoxy groups -OCH3 is 3. The third kappa shape index (κ3) is 6.30. The second kappa shape index (κ2) is 11.8. The first-order chi connectivity index (χ1) is 15.6. The molecule has 0 fully saturated rings. The van der Waals surface area contributed by atoms with E-state index in [2.05, 4.69) is 4.74 Å². The molecular formula is C25H32FNO6. The van der Waals surface area contributed by atoms with E-state index in [9.17, 15) is 19.1 Å². The number of ether oxygens (including phenoxy) is 3. The van der Waals surface area contributed by atoms with E-state index in [0.717, 1.165) is 16.8 Å². The van der Waals surface area contributed by atoms with Crippen molar-refractivity contribution >= 4 is 17.3 Å². The number of aliphatic hydroxyl groups excluding tert-OH is 1. The van der Waals surface area contributed by atoms with Crippen molar-refractivity contribution in [3.05, 3.63) is 64.8 Å². The second-order valence-corrected chi connectivity index (χ2v) is 8.03. The molecule has 1 heterocycles. The molecule has 180 valence electrons. The zero-order chi connectivity index (χ0) is 24.7. The molecule has 0 radical (unpaired) electrons. The SMILES string of the molecule is COC(=O)CC(=O)CC(O)/C=C/C1=C(C(C)C)N(C)C(OC)C(OC)=C1c1ccc(F)cc1. The summed E-state index contributed by atoms with van der Waals surface area (Å²) in [4.78, 5) is 25.3. The fourth-order valence-corrected chi connectivity index (χ4v) is 3.96. The van der Waals surface area contributed by atoms with Gasteiger partial charge in [0.2, 0.25) is 0 Å². The molecule has 0 amide bonds. The molecule has 0 saturated carbocycles. The van der Waals surface area contributed by atoms with E-state index in [1.54, 1.807) is 32.4 Å². The van der Waals surface area contributed by atoms with Crippen LogP contribution in [-0.4, -0.2) is 62.5 Å². The molecule has 8 heteroatoms. The summed E-state index contributed by atoms with van der Waals surface area (Å²) >= 11 is 0. The van der Waals surface area contributed by atoms with Crippen LogP contribution in [0.3, 0.4) is 0 Å². The molecule has 2 rings (SSSR count). The fourth-order valence-electron chi connectivity index (χ4n) is 3.96. The number of esters is 1. The Morgan fingerprint density at radius 2 is 1.82 bits per heavy atom. The molecule has 0 saturated heterocycles. The highest BCUT2D eigenvalue weighted by atomic mass is 19.1. The summed E-state index contributed by atoms with van der Waals surface area (Å²) in [5, 5.41) is 10.4. The molecule has 1 aromatic carbocycles. The number of benzene rings is 1. The van der Waals surface area contributed by atoms with E-state index in [-0.39, 0.29) is 18.2 Å². The predicted molar refractivity (Wildman–Crippen MR) is 122 cm³/mol. The number of hydrogen-bond donors (Lipinski definition) is 1. The van der Waals surface area contributed by atoms with Crippen LogP contribution in [0.2, 0.25) is 0 Å². The summed E-state index contributed by atoms with van der Waals surface area (Å²) in [6.07, 6.45) is 1.01. The van der Waals surface area contributed by atoms with Crippen LogP contribution in [0, 0.1) is 11.7 Å². The minimum absolute atomic E-state index is 0.0688. The van der Waals surface area contributed by atoms with Crippen LogP contribution in [0.25, 0.3) is 5.57 Å². The Kier molecular flexibility index (Phi) is 9.37. The molecule has 2 atom stereocenters. The summed E-state index contributed by atoms with van der Waals surface area (Å²) in [6, 6.07) is 6.05. The van der Waals surface area contributed by atoms with Crippen LogP contribution in [0.4, 0.5) is 4.39 Å². The summed E-state index contributed by atoms with van der Waals surface area (Å²) in [6.45, 7) is 4.06. The first-order valence-corrected chi connectivity index (χ1v) is 10.6. The second-order valence-electron chi connectivity index (χ2n) is 8.03. The zero-order valence-electron chi connectivity index (χ0n) is 19.9. The van der Waals surface area contributed by atoms with Crippen molar-refractivity contribution in [2.24, 2.45) is 5.92 Å². The van der Waals surface area contributed by atoms with Gasteiger partial charge in [-0.15, -0.1) is 0 Å². The first kappa shape index (κ1) is 26.3. The van der Waals surface area contributed by atoms with E-state index >= 15 is 0 Å². The number of halogens is 1. The van der Waals surface area contributed by atoms with Crippen molar-refractivity contribution in [2.45, 2.75) is 39.0 Å². The van der Waals surface area contributed by atoms with Crippen LogP contribution in [0.5, 0.6) is 0 Å². The van der Waals surface area contributed by atoms with Crippen LogP contribution in [-0.2, 0) is 23.8 Å². The summed E-state index contributed by atoms with van der Waals surface area (Å²) in [7, 11) is 6.21. The predicted octanol–water partition coefficient (Wildman–Crippen LogP) is 3.45. The van der Waals surface area contributed by atoms with Gasteiger partial charge in [-0.25, -0.2) is 4.39 Å². The number of ketones is 1. The molecule has 0 spiro atoms. The van der Waals surface area contributed by atoms with Crippen molar-refractivity contribution in [1.29, 1.82) is 0 Å². The molecule has 2 unspecified atom stereocenters. The number of aliphatic hydroxyl groups is 1. The Hall–Kier alpha value is -2.97. The number of allylic oxidation sites excluding steroid dienone is 4. The maximum Gasteiger partial charge on any atom is 0.313 e. The van der Waals surface area contributed by atoms with E-state index < -0.39 is 30.5 Å². The van der Waals surface area contributed by atoms with Gasteiger partial charge >= 0.3 is 5.97 Å². The lowest BCUT2D eigenvalue weighted by Gasteiger charge is -2.40. The maximum atomic E-state index is 13.6. The van der Waals surface area contributed by atoms with Gasteiger partial charge in [0, 0.05) is 37.4 Å². The van der Waals surface area contributed by atoms with Gasteiger partial charge < -0.3 is 24.2 Å². The highest BCUT2D eigenvalue weighted by molar-refractivity contribution is 5.95. The van der Waals surface area contributed by atoms with Crippen LogP contribution < -0.4 is 0 Å². The van der Waals surface area contributed by atoms with Gasteiger partial charge in [0.05, 0.1) is 20.3 Å². The largest absolute Gasteiger partial charge is 0.496 e. The van der Waals surface area contributed by atoms with E-state index in [4.69, 9.17) is 9.47 Å². The number of hydrogen-bond acceptors (Lipinski definition) is 7. The van der Waals surface area contributed by atoms with Gasteiger partial charge in [-0.05, 0) is 23.6 Å². The first-order valence-electron chi connectivity index (χ1n) is 10.6. The van der Waals surface area contributed by atoms with Crippen molar-refractivity contribution in [1.82, 2.24) is 4.90 Å². The minimum Gasteiger partial charge on any atom is -0.496 e. The Morgan fingerprint density at radius 3 is 2.33 bits per heavy atom. The zero-order valence-corrected chi connectivity index (χ0v) is 19.9. The lowest BCUT2D eigenvalue weighted by Crippen LogP contribution is -2.40. The highest BCUT2D eigenvalue weighted by Gasteiger charge is 2.35. The molecule has 1 N–H and O–H groups in total. The van der Waals surface area contributed by atoms with Crippen LogP contribution >= 0.6 is 0 Å². The molecule has 33 heavy (non-hydrogen) atoms. The molecule has 0 bridgehead atoms. The lowest BCUT2D eigenvalue weighted by molar-refractivity contribution is -0.143. The summed E-state index contributed by atoms with van der Waals surface area (Å²) < 4.78 is 29.6. The van der Waals surface area contributed by atoms with Crippen molar-refractivity contribution in [3.63, 3.8) is 0 Å². The van der Waals surface area contributed by atoms with Gasteiger partial charge in [-0.2, -0.15) is 0 Å².